The lowest BCUT2D eigenvalue weighted by Gasteiger charge is -2.32. The van der Waals surface area contributed by atoms with Crippen molar-refractivity contribution in [3.63, 3.8) is 0 Å². The highest BCUT2D eigenvalue weighted by Crippen LogP contribution is 2.27. The van der Waals surface area contributed by atoms with Crippen LogP contribution >= 0.6 is 0 Å². The van der Waals surface area contributed by atoms with Crippen molar-refractivity contribution in [3.8, 4) is 5.75 Å². The van der Waals surface area contributed by atoms with Gasteiger partial charge in [0, 0.05) is 25.6 Å². The van der Waals surface area contributed by atoms with Crippen LogP contribution in [0.15, 0.2) is 42.5 Å². The Morgan fingerprint density at radius 2 is 1.70 bits per heavy atom. The second-order valence-corrected chi connectivity index (χ2v) is 8.36. The van der Waals surface area contributed by atoms with Gasteiger partial charge in [-0.15, -0.1) is 0 Å². The number of carbonyl (C=O) groups excluding carboxylic acids is 1. The predicted octanol–water partition coefficient (Wildman–Crippen LogP) is 3.47. The van der Waals surface area contributed by atoms with Gasteiger partial charge >= 0.3 is 6.09 Å². The van der Waals surface area contributed by atoms with E-state index >= 15 is 0 Å². The summed E-state index contributed by atoms with van der Waals surface area (Å²) in [4.78, 5) is 25.6. The number of nitrogens with one attached hydrogen (secondary N) is 1. The van der Waals surface area contributed by atoms with Crippen LogP contribution in [0, 0.1) is 13.8 Å². The molecule has 0 aromatic heterocycles. The molecular formula is C23H31N3O4. The summed E-state index contributed by atoms with van der Waals surface area (Å²) < 4.78 is 0. The van der Waals surface area contributed by atoms with Gasteiger partial charge in [0.25, 0.3) is 0 Å². The van der Waals surface area contributed by atoms with Gasteiger partial charge in [-0.05, 0) is 62.1 Å². The zero-order valence-electron chi connectivity index (χ0n) is 18.0. The minimum Gasteiger partial charge on any atom is -0.508 e. The first-order valence-corrected chi connectivity index (χ1v) is 9.87. The highest BCUT2D eigenvalue weighted by atomic mass is 16.4. The van der Waals surface area contributed by atoms with E-state index < -0.39 is 17.7 Å². The van der Waals surface area contributed by atoms with E-state index in [1.807, 2.05) is 44.2 Å². The number of aromatic hydroxyl groups is 1. The number of rotatable bonds is 8. The second-order valence-electron chi connectivity index (χ2n) is 8.36. The van der Waals surface area contributed by atoms with E-state index in [4.69, 9.17) is 5.73 Å². The van der Waals surface area contributed by atoms with Crippen LogP contribution in [-0.2, 0) is 11.3 Å². The van der Waals surface area contributed by atoms with Gasteiger partial charge in [-0.25, -0.2) is 4.79 Å². The van der Waals surface area contributed by atoms with Gasteiger partial charge in [0.15, 0.2) is 0 Å². The molecule has 2 amide bonds. The average molecular weight is 414 g/mol. The standard InChI is InChI=1S/C23H31N3O4/c1-15-10-18(27)11-16(2)21(15)19(24)12-20(28)25-23(3,4)14-26(22(29)30)13-17-8-6-5-7-9-17/h5-11,19,27H,12-14,24H2,1-4H3,(H,25,28)(H,29,30). The lowest BCUT2D eigenvalue weighted by Crippen LogP contribution is -2.52. The van der Waals surface area contributed by atoms with Crippen LogP contribution in [0.4, 0.5) is 4.79 Å². The van der Waals surface area contributed by atoms with E-state index in [2.05, 4.69) is 5.32 Å². The molecule has 2 aromatic rings. The molecule has 0 aliphatic rings. The summed E-state index contributed by atoms with van der Waals surface area (Å²) in [6.45, 7) is 7.63. The Labute approximate surface area is 177 Å². The molecule has 0 spiro atoms. The van der Waals surface area contributed by atoms with E-state index in [9.17, 15) is 19.8 Å². The summed E-state index contributed by atoms with van der Waals surface area (Å²) in [5.41, 5.74) is 8.86. The number of carbonyl (C=O) groups is 2. The third-order valence-electron chi connectivity index (χ3n) is 4.91. The summed E-state index contributed by atoms with van der Waals surface area (Å²) in [5.74, 6) is -0.0943. The van der Waals surface area contributed by atoms with Gasteiger partial charge in [0.2, 0.25) is 5.91 Å². The lowest BCUT2D eigenvalue weighted by molar-refractivity contribution is -0.123. The van der Waals surface area contributed by atoms with Gasteiger partial charge in [-0.1, -0.05) is 30.3 Å². The van der Waals surface area contributed by atoms with Crippen LogP contribution in [0.5, 0.6) is 5.75 Å². The third-order valence-corrected chi connectivity index (χ3v) is 4.91. The Bertz CT molecular complexity index is 874. The van der Waals surface area contributed by atoms with Gasteiger partial charge < -0.3 is 26.2 Å². The number of nitrogens with zero attached hydrogens (tertiary/aromatic N) is 1. The molecule has 0 saturated carbocycles. The summed E-state index contributed by atoms with van der Waals surface area (Å²) in [7, 11) is 0. The number of hydrogen-bond donors (Lipinski definition) is 4. The largest absolute Gasteiger partial charge is 0.508 e. The fraction of sp³-hybridized carbons (Fsp3) is 0.391. The van der Waals surface area contributed by atoms with Crippen molar-refractivity contribution < 1.29 is 19.8 Å². The number of benzene rings is 2. The molecule has 30 heavy (non-hydrogen) atoms. The molecule has 0 fully saturated rings. The third kappa shape index (κ3) is 6.49. The molecule has 1 unspecified atom stereocenters. The molecule has 0 bridgehead atoms. The van der Waals surface area contributed by atoms with Gasteiger partial charge in [-0.2, -0.15) is 0 Å². The maximum Gasteiger partial charge on any atom is 0.407 e. The number of hydrogen-bond acceptors (Lipinski definition) is 4. The first kappa shape index (κ1) is 23.2. The lowest BCUT2D eigenvalue weighted by atomic mass is 9.93. The van der Waals surface area contributed by atoms with Crippen molar-refractivity contribution >= 4 is 12.0 Å². The van der Waals surface area contributed by atoms with Crippen LogP contribution in [0.25, 0.3) is 0 Å². The Balaban J connectivity index is 2.02. The molecule has 1 atom stereocenters. The molecule has 0 radical (unpaired) electrons. The molecule has 0 aliphatic heterocycles. The Morgan fingerprint density at radius 3 is 2.23 bits per heavy atom. The number of phenolic OH excluding ortho intramolecular Hbond substituents is 1. The Morgan fingerprint density at radius 1 is 1.13 bits per heavy atom. The summed E-state index contributed by atoms with van der Waals surface area (Å²) >= 11 is 0. The monoisotopic (exact) mass is 413 g/mol. The highest BCUT2D eigenvalue weighted by Gasteiger charge is 2.27. The van der Waals surface area contributed by atoms with Crippen LogP contribution in [0.3, 0.4) is 0 Å². The van der Waals surface area contributed by atoms with E-state index in [1.54, 1.807) is 26.0 Å². The Hall–Kier alpha value is -3.06. The van der Waals surface area contributed by atoms with Gasteiger partial charge in [-0.3, -0.25) is 4.79 Å². The summed E-state index contributed by atoms with van der Waals surface area (Å²) in [6.07, 6.45) is -0.991. The molecule has 0 aliphatic carbocycles. The topological polar surface area (TPSA) is 116 Å². The van der Waals surface area contributed by atoms with E-state index in [0.717, 1.165) is 22.3 Å². The van der Waals surface area contributed by atoms with Crippen molar-refractivity contribution in [3.05, 3.63) is 64.7 Å². The van der Waals surface area contributed by atoms with Crippen LogP contribution in [-0.4, -0.2) is 39.2 Å². The minimum atomic E-state index is -1.05. The van der Waals surface area contributed by atoms with E-state index in [0.29, 0.717) is 0 Å². The summed E-state index contributed by atoms with van der Waals surface area (Å²) in [6, 6.07) is 12.0. The van der Waals surface area contributed by atoms with Crippen LogP contribution < -0.4 is 11.1 Å². The van der Waals surface area contributed by atoms with Crippen molar-refractivity contribution in [2.24, 2.45) is 5.73 Å². The zero-order chi connectivity index (χ0) is 22.5. The number of amides is 2. The molecule has 0 saturated heterocycles. The quantitative estimate of drug-likeness (QED) is 0.529. The van der Waals surface area contributed by atoms with Crippen molar-refractivity contribution in [2.45, 2.75) is 52.2 Å². The number of nitrogens with two attached hydrogens (primary N) is 1. The first-order chi connectivity index (χ1) is 14.0. The molecule has 2 rings (SSSR count). The predicted molar refractivity (Wildman–Crippen MR) is 116 cm³/mol. The van der Waals surface area contributed by atoms with Crippen molar-refractivity contribution in [1.29, 1.82) is 0 Å². The Kier molecular flexibility index (Phi) is 7.45. The molecule has 2 aromatic carbocycles. The van der Waals surface area contributed by atoms with Gasteiger partial charge in [0.05, 0.1) is 5.54 Å². The smallest absolute Gasteiger partial charge is 0.407 e. The van der Waals surface area contributed by atoms with Crippen LogP contribution in [0.2, 0.25) is 0 Å². The average Bonchev–Trinajstić information content (AvgIpc) is 2.60. The van der Waals surface area contributed by atoms with Gasteiger partial charge in [0.1, 0.15) is 5.75 Å². The normalized spacial score (nSPS) is 12.3. The number of aryl methyl sites for hydroxylation is 2. The molecular weight excluding hydrogens is 382 g/mol. The van der Waals surface area contributed by atoms with Crippen molar-refractivity contribution in [1.82, 2.24) is 10.2 Å². The van der Waals surface area contributed by atoms with Crippen LogP contribution in [0.1, 0.15) is 48.6 Å². The molecule has 7 heteroatoms. The number of carboxylic acid groups (broad SMARTS) is 1. The zero-order valence-corrected chi connectivity index (χ0v) is 18.0. The number of phenols is 1. The maximum absolute atomic E-state index is 12.6. The van der Waals surface area contributed by atoms with Crippen molar-refractivity contribution in [2.75, 3.05) is 6.54 Å². The van der Waals surface area contributed by atoms with E-state index in [-0.39, 0.29) is 31.2 Å². The molecule has 0 heterocycles. The fourth-order valence-electron chi connectivity index (χ4n) is 3.78. The molecule has 162 valence electrons. The fourth-order valence-corrected chi connectivity index (χ4v) is 3.78. The molecule has 5 N–H and O–H groups in total. The highest BCUT2D eigenvalue weighted by molar-refractivity contribution is 5.78. The summed E-state index contributed by atoms with van der Waals surface area (Å²) in [5, 5.41) is 22.2. The minimum absolute atomic E-state index is 0.0572. The second kappa shape index (κ2) is 9.63. The first-order valence-electron chi connectivity index (χ1n) is 9.87. The maximum atomic E-state index is 12.6. The van der Waals surface area contributed by atoms with E-state index in [1.165, 1.54) is 4.90 Å². The molecule has 7 nitrogen and oxygen atoms in total. The SMILES string of the molecule is Cc1cc(O)cc(C)c1C(N)CC(=O)NC(C)(C)CN(Cc1ccccc1)C(=O)O.